The quantitative estimate of drug-likeness (QED) is 0.586. The molecule has 31 heavy (non-hydrogen) atoms. The van der Waals surface area contributed by atoms with Crippen molar-refractivity contribution in [1.82, 2.24) is 14.8 Å². The Balaban J connectivity index is 1.49. The van der Waals surface area contributed by atoms with E-state index in [1.165, 1.54) is 10.5 Å². The van der Waals surface area contributed by atoms with Crippen molar-refractivity contribution < 1.29 is 19.1 Å². The van der Waals surface area contributed by atoms with Gasteiger partial charge in [-0.05, 0) is 25.3 Å². The number of likely N-dealkylation sites (N-methyl/N-ethyl adjacent to an activating group) is 1. The Morgan fingerprint density at radius 3 is 2.77 bits per heavy atom. The molecule has 2 amide bonds. The minimum Gasteiger partial charge on any atom is -0.466 e. The number of hydrogen-bond donors (Lipinski definition) is 0. The highest BCUT2D eigenvalue weighted by Gasteiger charge is 2.30. The standard InChI is InChI=1S/C23H29N3O4S/c1-3-30-23(29)18-10-7-11-26(14-18)22(28)15-25(2)21(27)13-19-16-31-20(24-19)12-17-8-5-4-6-9-17/h4-6,8-9,16,18H,3,7,10-15H2,1-2H3. The lowest BCUT2D eigenvalue weighted by molar-refractivity contribution is -0.152. The number of rotatable bonds is 8. The van der Waals surface area contributed by atoms with Crippen molar-refractivity contribution >= 4 is 29.1 Å². The van der Waals surface area contributed by atoms with E-state index in [1.807, 2.05) is 23.6 Å². The number of ether oxygens (including phenoxy) is 1. The second-order valence-electron chi connectivity index (χ2n) is 7.75. The molecule has 1 aromatic carbocycles. The molecule has 1 aliphatic heterocycles. The molecule has 1 fully saturated rings. The van der Waals surface area contributed by atoms with Crippen molar-refractivity contribution in [2.24, 2.45) is 5.92 Å². The van der Waals surface area contributed by atoms with Crippen LogP contribution in [0.2, 0.25) is 0 Å². The summed E-state index contributed by atoms with van der Waals surface area (Å²) in [5.74, 6) is -0.826. The number of carbonyl (C=O) groups is 3. The largest absolute Gasteiger partial charge is 0.466 e. The van der Waals surface area contributed by atoms with Crippen LogP contribution in [0.25, 0.3) is 0 Å². The Morgan fingerprint density at radius 1 is 1.26 bits per heavy atom. The van der Waals surface area contributed by atoms with Crippen LogP contribution in [0.1, 0.15) is 36.0 Å². The summed E-state index contributed by atoms with van der Waals surface area (Å²) < 4.78 is 5.09. The van der Waals surface area contributed by atoms with Crippen LogP contribution in [0.3, 0.4) is 0 Å². The van der Waals surface area contributed by atoms with Gasteiger partial charge in [0.2, 0.25) is 11.8 Å². The fourth-order valence-corrected chi connectivity index (χ4v) is 4.45. The Kier molecular flexibility index (Phi) is 8.17. The van der Waals surface area contributed by atoms with Gasteiger partial charge in [-0.25, -0.2) is 4.98 Å². The predicted octanol–water partition coefficient (Wildman–Crippen LogP) is 2.54. The van der Waals surface area contributed by atoms with Gasteiger partial charge in [-0.3, -0.25) is 14.4 Å². The van der Waals surface area contributed by atoms with Crippen LogP contribution in [0.4, 0.5) is 0 Å². The molecule has 1 aliphatic rings. The van der Waals surface area contributed by atoms with Crippen molar-refractivity contribution in [3.05, 3.63) is 52.0 Å². The van der Waals surface area contributed by atoms with E-state index in [0.717, 1.165) is 30.0 Å². The second-order valence-corrected chi connectivity index (χ2v) is 8.70. The van der Waals surface area contributed by atoms with Crippen molar-refractivity contribution in [3.8, 4) is 0 Å². The monoisotopic (exact) mass is 443 g/mol. The molecule has 1 saturated heterocycles. The number of benzene rings is 1. The maximum atomic E-state index is 12.7. The molecule has 2 heterocycles. The molecule has 0 radical (unpaired) electrons. The molecule has 1 unspecified atom stereocenters. The maximum absolute atomic E-state index is 12.7. The molecule has 166 valence electrons. The van der Waals surface area contributed by atoms with E-state index < -0.39 is 0 Å². The van der Waals surface area contributed by atoms with Gasteiger partial charge in [-0.2, -0.15) is 0 Å². The molecule has 0 spiro atoms. The molecule has 3 rings (SSSR count). The zero-order chi connectivity index (χ0) is 22.2. The van der Waals surface area contributed by atoms with E-state index in [0.29, 0.717) is 19.7 Å². The van der Waals surface area contributed by atoms with Crippen LogP contribution in [-0.4, -0.2) is 65.9 Å². The van der Waals surface area contributed by atoms with Gasteiger partial charge < -0.3 is 14.5 Å². The Hall–Kier alpha value is -2.74. The minimum atomic E-state index is -0.281. The third-order valence-electron chi connectivity index (χ3n) is 5.32. The number of aromatic nitrogens is 1. The van der Waals surface area contributed by atoms with Gasteiger partial charge in [-0.1, -0.05) is 30.3 Å². The van der Waals surface area contributed by atoms with Gasteiger partial charge >= 0.3 is 5.97 Å². The molecule has 0 aliphatic carbocycles. The van der Waals surface area contributed by atoms with Gasteiger partial charge in [0.1, 0.15) is 0 Å². The summed E-state index contributed by atoms with van der Waals surface area (Å²) in [6.07, 6.45) is 2.40. The number of likely N-dealkylation sites (tertiary alicyclic amines) is 1. The number of amides is 2. The zero-order valence-electron chi connectivity index (χ0n) is 18.1. The zero-order valence-corrected chi connectivity index (χ0v) is 18.9. The van der Waals surface area contributed by atoms with Crippen LogP contribution in [0, 0.1) is 5.92 Å². The first-order chi connectivity index (χ1) is 15.0. The van der Waals surface area contributed by atoms with Gasteiger partial charge in [0.25, 0.3) is 0 Å². The van der Waals surface area contributed by atoms with E-state index in [-0.39, 0.29) is 36.7 Å². The van der Waals surface area contributed by atoms with Gasteiger partial charge in [0.05, 0.1) is 36.2 Å². The van der Waals surface area contributed by atoms with E-state index in [1.54, 1.807) is 30.2 Å². The molecule has 8 heteroatoms. The average molecular weight is 444 g/mol. The highest BCUT2D eigenvalue weighted by molar-refractivity contribution is 7.09. The van der Waals surface area contributed by atoms with E-state index in [9.17, 15) is 14.4 Å². The molecular weight excluding hydrogens is 414 g/mol. The molecule has 2 aromatic rings. The number of nitrogens with zero attached hydrogens (tertiary/aromatic N) is 3. The summed E-state index contributed by atoms with van der Waals surface area (Å²) in [5, 5.41) is 2.87. The van der Waals surface area contributed by atoms with Crippen molar-refractivity contribution in [2.75, 3.05) is 33.3 Å². The van der Waals surface area contributed by atoms with Gasteiger partial charge in [-0.15, -0.1) is 11.3 Å². The van der Waals surface area contributed by atoms with Gasteiger partial charge in [0, 0.05) is 31.9 Å². The number of carbonyl (C=O) groups excluding carboxylic acids is 3. The first-order valence-electron chi connectivity index (χ1n) is 10.6. The molecule has 7 nitrogen and oxygen atoms in total. The normalized spacial score (nSPS) is 16.1. The third kappa shape index (κ3) is 6.62. The number of piperidine rings is 1. The Bertz CT molecular complexity index is 899. The maximum Gasteiger partial charge on any atom is 0.310 e. The number of thiazole rings is 1. The van der Waals surface area contributed by atoms with Crippen LogP contribution in [0.15, 0.2) is 35.7 Å². The van der Waals surface area contributed by atoms with E-state index in [2.05, 4.69) is 17.1 Å². The average Bonchev–Trinajstić information content (AvgIpc) is 3.21. The van der Waals surface area contributed by atoms with Gasteiger partial charge in [0.15, 0.2) is 0 Å². The van der Waals surface area contributed by atoms with Crippen molar-refractivity contribution in [2.45, 2.75) is 32.6 Å². The summed E-state index contributed by atoms with van der Waals surface area (Å²) in [4.78, 5) is 44.9. The molecule has 1 aromatic heterocycles. The minimum absolute atomic E-state index is 0.00458. The lowest BCUT2D eigenvalue weighted by Gasteiger charge is -2.32. The van der Waals surface area contributed by atoms with Crippen LogP contribution in [-0.2, 0) is 32.0 Å². The first-order valence-corrected chi connectivity index (χ1v) is 11.5. The summed E-state index contributed by atoms with van der Waals surface area (Å²) in [6, 6.07) is 10.1. The lowest BCUT2D eigenvalue weighted by Crippen LogP contribution is -2.47. The summed E-state index contributed by atoms with van der Waals surface area (Å²) in [5.41, 5.74) is 1.90. The Morgan fingerprint density at radius 2 is 2.03 bits per heavy atom. The SMILES string of the molecule is CCOC(=O)C1CCCN(C(=O)CN(C)C(=O)Cc2csc(Cc3ccccc3)n2)C1. The van der Waals surface area contributed by atoms with Crippen molar-refractivity contribution in [3.63, 3.8) is 0 Å². The molecular formula is C23H29N3O4S. The van der Waals surface area contributed by atoms with Crippen molar-refractivity contribution in [1.29, 1.82) is 0 Å². The molecule has 0 bridgehead atoms. The van der Waals surface area contributed by atoms with Crippen LogP contribution in [0.5, 0.6) is 0 Å². The Labute approximate surface area is 187 Å². The van der Waals surface area contributed by atoms with E-state index >= 15 is 0 Å². The lowest BCUT2D eigenvalue weighted by atomic mass is 9.98. The topological polar surface area (TPSA) is 79.8 Å². The summed E-state index contributed by atoms with van der Waals surface area (Å²) in [6.45, 7) is 3.07. The molecule has 1 atom stereocenters. The second kappa shape index (κ2) is 11.0. The third-order valence-corrected chi connectivity index (χ3v) is 6.22. The van der Waals surface area contributed by atoms with Crippen LogP contribution < -0.4 is 0 Å². The fourth-order valence-electron chi connectivity index (χ4n) is 3.62. The first kappa shape index (κ1) is 22.9. The van der Waals surface area contributed by atoms with Crippen LogP contribution >= 0.6 is 11.3 Å². The number of hydrogen-bond acceptors (Lipinski definition) is 6. The summed E-state index contributed by atoms with van der Waals surface area (Å²) in [7, 11) is 1.63. The highest BCUT2D eigenvalue weighted by atomic mass is 32.1. The predicted molar refractivity (Wildman–Crippen MR) is 119 cm³/mol. The summed E-state index contributed by atoms with van der Waals surface area (Å²) >= 11 is 1.54. The fraction of sp³-hybridized carbons (Fsp3) is 0.478. The smallest absolute Gasteiger partial charge is 0.310 e. The highest BCUT2D eigenvalue weighted by Crippen LogP contribution is 2.19. The number of esters is 1. The molecule has 0 N–H and O–H groups in total. The van der Waals surface area contributed by atoms with E-state index in [4.69, 9.17) is 4.74 Å². The molecule has 0 saturated carbocycles.